The van der Waals surface area contributed by atoms with Crippen LogP contribution in [0.4, 0.5) is 11.4 Å². The number of para-hydroxylation sites is 2. The minimum atomic E-state index is -0.780. The number of aldehydes is 1. The van der Waals surface area contributed by atoms with Crippen molar-refractivity contribution >= 4 is 17.7 Å². The SMILES string of the molecule is COc1ccc(C=O)cc1.O=[N+]([O-])c1ccccc1[N+](=O)[O-]. The Bertz CT molecular complexity index is 636. The number of nitro groups is 2. The standard InChI is InChI=1S/C8H8O2.C6H4N2O4/c1-10-8-4-2-7(6-9)3-5-8;9-7(10)5-3-1-2-4-6(5)8(11)12/h2-6H,1H3;1-4H. The second-order valence-corrected chi connectivity index (χ2v) is 3.89. The molecule has 0 bridgehead atoms. The maximum absolute atomic E-state index is 10.2. The lowest BCUT2D eigenvalue weighted by Gasteiger charge is -1.96. The first kappa shape index (κ1) is 16.8. The van der Waals surface area contributed by atoms with E-state index in [1.165, 1.54) is 12.1 Å². The zero-order valence-corrected chi connectivity index (χ0v) is 11.5. The monoisotopic (exact) mass is 304 g/mol. The highest BCUT2D eigenvalue weighted by atomic mass is 16.6. The lowest BCUT2D eigenvalue weighted by molar-refractivity contribution is -0.422. The molecule has 0 amide bonds. The number of benzene rings is 2. The molecule has 0 heterocycles. The predicted molar refractivity (Wildman–Crippen MR) is 78.1 cm³/mol. The van der Waals surface area contributed by atoms with Crippen molar-refractivity contribution in [3.63, 3.8) is 0 Å². The van der Waals surface area contributed by atoms with Gasteiger partial charge in [-0.25, -0.2) is 0 Å². The van der Waals surface area contributed by atoms with E-state index in [0.717, 1.165) is 24.2 Å². The van der Waals surface area contributed by atoms with E-state index in [0.29, 0.717) is 5.56 Å². The van der Waals surface area contributed by atoms with Crippen molar-refractivity contribution in [3.8, 4) is 5.75 Å². The van der Waals surface area contributed by atoms with Crippen molar-refractivity contribution in [2.45, 2.75) is 0 Å². The molecule has 8 nitrogen and oxygen atoms in total. The fourth-order valence-electron chi connectivity index (χ4n) is 1.46. The minimum Gasteiger partial charge on any atom is -0.497 e. The Hall–Kier alpha value is -3.29. The molecule has 0 radical (unpaired) electrons. The molecule has 0 aliphatic heterocycles. The normalized spacial score (nSPS) is 9.14. The molecule has 0 aromatic heterocycles. The van der Waals surface area contributed by atoms with Crippen LogP contribution in [0.5, 0.6) is 5.75 Å². The van der Waals surface area contributed by atoms with Gasteiger partial charge in [0.1, 0.15) is 12.0 Å². The molecule has 2 rings (SSSR count). The topological polar surface area (TPSA) is 113 Å². The molecule has 0 saturated carbocycles. The van der Waals surface area contributed by atoms with E-state index in [4.69, 9.17) is 4.74 Å². The van der Waals surface area contributed by atoms with Crippen LogP contribution in [0.15, 0.2) is 48.5 Å². The van der Waals surface area contributed by atoms with Gasteiger partial charge in [0.25, 0.3) is 0 Å². The number of carbonyl (C=O) groups excluding carboxylic acids is 1. The van der Waals surface area contributed by atoms with Crippen LogP contribution >= 0.6 is 0 Å². The number of hydrogen-bond acceptors (Lipinski definition) is 6. The summed E-state index contributed by atoms with van der Waals surface area (Å²) in [5, 5.41) is 20.5. The molecule has 0 atom stereocenters. The molecule has 8 heteroatoms. The quantitative estimate of drug-likeness (QED) is 0.487. The number of carbonyl (C=O) groups is 1. The van der Waals surface area contributed by atoms with Gasteiger partial charge in [0.2, 0.25) is 0 Å². The Balaban J connectivity index is 0.000000224. The van der Waals surface area contributed by atoms with Crippen LogP contribution in [0.2, 0.25) is 0 Å². The fraction of sp³-hybridized carbons (Fsp3) is 0.0714. The third-order valence-corrected chi connectivity index (χ3v) is 2.53. The maximum atomic E-state index is 10.2. The summed E-state index contributed by atoms with van der Waals surface area (Å²) in [6.07, 6.45) is 0.805. The Kier molecular flexibility index (Phi) is 6.17. The largest absolute Gasteiger partial charge is 0.497 e. The van der Waals surface area contributed by atoms with Gasteiger partial charge in [0.05, 0.1) is 17.0 Å². The molecule has 0 aliphatic carbocycles. The lowest BCUT2D eigenvalue weighted by Crippen LogP contribution is -1.95. The van der Waals surface area contributed by atoms with Crippen LogP contribution in [0.25, 0.3) is 0 Å². The first-order valence-electron chi connectivity index (χ1n) is 5.96. The van der Waals surface area contributed by atoms with E-state index < -0.39 is 21.2 Å². The smallest absolute Gasteiger partial charge is 0.346 e. The third-order valence-electron chi connectivity index (χ3n) is 2.53. The molecule has 2 aromatic rings. The van der Waals surface area contributed by atoms with E-state index in [1.807, 2.05) is 0 Å². The van der Waals surface area contributed by atoms with Gasteiger partial charge in [-0.1, -0.05) is 12.1 Å². The van der Waals surface area contributed by atoms with Gasteiger partial charge in [-0.2, -0.15) is 0 Å². The molecule has 114 valence electrons. The van der Waals surface area contributed by atoms with Crippen molar-refractivity contribution in [3.05, 3.63) is 74.3 Å². The molecule has 0 spiro atoms. The third kappa shape index (κ3) is 4.67. The molecule has 0 aliphatic rings. The van der Waals surface area contributed by atoms with E-state index in [9.17, 15) is 25.0 Å². The second-order valence-electron chi connectivity index (χ2n) is 3.89. The summed E-state index contributed by atoms with van der Waals surface area (Å²) < 4.78 is 4.90. The maximum Gasteiger partial charge on any atom is 0.346 e. The molecule has 22 heavy (non-hydrogen) atoms. The molecule has 0 unspecified atom stereocenters. The number of hydrogen-bond donors (Lipinski definition) is 0. The summed E-state index contributed by atoms with van der Waals surface area (Å²) in [7, 11) is 1.59. The summed E-state index contributed by atoms with van der Waals surface area (Å²) in [6.45, 7) is 0. The average Bonchev–Trinajstić information content (AvgIpc) is 2.55. The summed E-state index contributed by atoms with van der Waals surface area (Å²) in [5.41, 5.74) is -0.300. The minimum absolute atomic E-state index is 0.484. The average molecular weight is 304 g/mol. The van der Waals surface area contributed by atoms with Gasteiger partial charge in [0.15, 0.2) is 0 Å². The zero-order chi connectivity index (χ0) is 16.5. The van der Waals surface area contributed by atoms with E-state index >= 15 is 0 Å². The van der Waals surface area contributed by atoms with Gasteiger partial charge in [-0.15, -0.1) is 0 Å². The Morgan fingerprint density at radius 1 is 0.909 bits per heavy atom. The first-order valence-corrected chi connectivity index (χ1v) is 5.96. The predicted octanol–water partition coefficient (Wildman–Crippen LogP) is 3.01. The highest BCUT2D eigenvalue weighted by Gasteiger charge is 2.21. The molecule has 0 saturated heterocycles. The Morgan fingerprint density at radius 2 is 1.36 bits per heavy atom. The van der Waals surface area contributed by atoms with Crippen LogP contribution < -0.4 is 4.74 Å². The number of methoxy groups -OCH3 is 1. The number of rotatable bonds is 4. The van der Waals surface area contributed by atoms with E-state index in [-0.39, 0.29) is 0 Å². The summed E-state index contributed by atoms with van der Waals surface area (Å²) in [6, 6.07) is 11.9. The zero-order valence-electron chi connectivity index (χ0n) is 11.5. The summed E-state index contributed by atoms with van der Waals surface area (Å²) in [5.74, 6) is 0.769. The van der Waals surface area contributed by atoms with Crippen molar-refractivity contribution in [1.82, 2.24) is 0 Å². The summed E-state index contributed by atoms with van der Waals surface area (Å²) >= 11 is 0. The van der Waals surface area contributed by atoms with Crippen LogP contribution in [0, 0.1) is 20.2 Å². The van der Waals surface area contributed by atoms with Crippen LogP contribution in [0.3, 0.4) is 0 Å². The Morgan fingerprint density at radius 3 is 1.68 bits per heavy atom. The van der Waals surface area contributed by atoms with Crippen molar-refractivity contribution in [1.29, 1.82) is 0 Å². The molecule has 2 aromatic carbocycles. The fourth-order valence-corrected chi connectivity index (χ4v) is 1.46. The number of ether oxygens (including phenoxy) is 1. The summed E-state index contributed by atoms with van der Waals surface area (Å²) in [4.78, 5) is 29.1. The second kappa shape index (κ2) is 8.10. The molecular formula is C14H12N2O6. The van der Waals surface area contributed by atoms with Gasteiger partial charge in [-0.3, -0.25) is 25.0 Å². The van der Waals surface area contributed by atoms with Gasteiger partial charge in [0, 0.05) is 17.7 Å². The molecule has 0 N–H and O–H groups in total. The molecular weight excluding hydrogens is 292 g/mol. The van der Waals surface area contributed by atoms with E-state index in [2.05, 4.69) is 0 Å². The van der Waals surface area contributed by atoms with Gasteiger partial charge < -0.3 is 4.74 Å². The number of nitro benzene ring substituents is 2. The highest BCUT2D eigenvalue weighted by molar-refractivity contribution is 5.74. The van der Waals surface area contributed by atoms with Crippen molar-refractivity contribution in [2.24, 2.45) is 0 Å². The van der Waals surface area contributed by atoms with Crippen LogP contribution in [0.1, 0.15) is 10.4 Å². The first-order chi connectivity index (χ1) is 10.5. The van der Waals surface area contributed by atoms with Crippen molar-refractivity contribution < 1.29 is 19.4 Å². The molecule has 0 fully saturated rings. The van der Waals surface area contributed by atoms with Gasteiger partial charge in [-0.05, 0) is 24.3 Å². The lowest BCUT2D eigenvalue weighted by atomic mass is 10.2. The number of nitrogens with zero attached hydrogens (tertiary/aromatic N) is 2. The highest BCUT2D eigenvalue weighted by Crippen LogP contribution is 2.24. The Labute approximate surface area is 125 Å². The van der Waals surface area contributed by atoms with Crippen LogP contribution in [-0.4, -0.2) is 23.2 Å². The van der Waals surface area contributed by atoms with Crippen molar-refractivity contribution in [2.75, 3.05) is 7.11 Å². The van der Waals surface area contributed by atoms with Crippen LogP contribution in [-0.2, 0) is 0 Å². The van der Waals surface area contributed by atoms with Gasteiger partial charge >= 0.3 is 11.4 Å². The van der Waals surface area contributed by atoms with E-state index in [1.54, 1.807) is 31.4 Å².